The Labute approximate surface area is 172 Å². The summed E-state index contributed by atoms with van der Waals surface area (Å²) in [6.07, 6.45) is 9.11. The average Bonchev–Trinajstić information content (AvgIpc) is 3.47. The normalized spacial score (nSPS) is 10.9. The van der Waals surface area contributed by atoms with Crippen molar-refractivity contribution < 1.29 is 4.79 Å². The van der Waals surface area contributed by atoms with Crippen LogP contribution in [0.25, 0.3) is 33.3 Å². The van der Waals surface area contributed by atoms with Crippen molar-refractivity contribution in [3.63, 3.8) is 0 Å². The molecule has 0 saturated carbocycles. The van der Waals surface area contributed by atoms with Crippen molar-refractivity contribution in [1.82, 2.24) is 30.5 Å². The molecule has 4 aromatic heterocycles. The molecule has 0 spiro atoms. The Morgan fingerprint density at radius 1 is 0.933 bits per heavy atom. The van der Waals surface area contributed by atoms with E-state index >= 15 is 0 Å². The van der Waals surface area contributed by atoms with Gasteiger partial charge in [-0.3, -0.25) is 14.9 Å². The summed E-state index contributed by atoms with van der Waals surface area (Å²) in [7, 11) is 0. The minimum atomic E-state index is -0.131. The van der Waals surface area contributed by atoms with Crippen LogP contribution >= 0.6 is 0 Å². The van der Waals surface area contributed by atoms with E-state index in [1.165, 1.54) is 0 Å². The van der Waals surface area contributed by atoms with Crippen molar-refractivity contribution in [1.29, 1.82) is 0 Å². The Morgan fingerprint density at radius 2 is 1.83 bits per heavy atom. The number of nitrogens with one attached hydrogen (secondary N) is 3. The van der Waals surface area contributed by atoms with Crippen LogP contribution in [0.1, 0.15) is 16.1 Å². The highest BCUT2D eigenvalue weighted by atomic mass is 16.1. The molecule has 1 aromatic carbocycles. The lowest BCUT2D eigenvalue weighted by molar-refractivity contribution is 0.0950. The van der Waals surface area contributed by atoms with Crippen LogP contribution in [0.2, 0.25) is 0 Å². The first kappa shape index (κ1) is 17.8. The van der Waals surface area contributed by atoms with Gasteiger partial charge in [-0.15, -0.1) is 0 Å². The van der Waals surface area contributed by atoms with E-state index < -0.39 is 0 Å². The van der Waals surface area contributed by atoms with Gasteiger partial charge in [-0.2, -0.15) is 5.10 Å². The van der Waals surface area contributed by atoms with Crippen LogP contribution in [-0.2, 0) is 6.54 Å². The summed E-state index contributed by atoms with van der Waals surface area (Å²) >= 11 is 0. The summed E-state index contributed by atoms with van der Waals surface area (Å²) in [5.41, 5.74) is 6.25. The second-order valence-electron chi connectivity index (χ2n) is 6.89. The van der Waals surface area contributed by atoms with E-state index in [0.29, 0.717) is 12.1 Å². The molecule has 4 heterocycles. The Balaban J connectivity index is 1.37. The highest BCUT2D eigenvalue weighted by Gasteiger charge is 2.11. The van der Waals surface area contributed by atoms with Crippen LogP contribution in [0, 0.1) is 0 Å². The predicted octanol–water partition coefficient (Wildman–Crippen LogP) is 3.95. The maximum Gasteiger partial charge on any atom is 0.251 e. The van der Waals surface area contributed by atoms with Gasteiger partial charge >= 0.3 is 0 Å². The molecule has 0 aliphatic heterocycles. The Morgan fingerprint density at radius 3 is 2.60 bits per heavy atom. The number of nitrogens with zero attached hydrogens (tertiary/aromatic N) is 3. The molecule has 5 rings (SSSR count). The summed E-state index contributed by atoms with van der Waals surface area (Å²) in [6.45, 7) is 0.395. The Kier molecular flexibility index (Phi) is 4.53. The van der Waals surface area contributed by atoms with Gasteiger partial charge in [-0.05, 0) is 35.9 Å². The lowest BCUT2D eigenvalue weighted by atomic mass is 10.0. The van der Waals surface area contributed by atoms with E-state index in [9.17, 15) is 4.79 Å². The van der Waals surface area contributed by atoms with Crippen molar-refractivity contribution >= 4 is 16.9 Å². The fraction of sp³-hybridized carbons (Fsp3) is 0.0435. The maximum absolute atomic E-state index is 12.4. The number of aromatic nitrogens is 5. The second-order valence-corrected chi connectivity index (χ2v) is 6.89. The molecule has 0 aliphatic carbocycles. The van der Waals surface area contributed by atoms with Crippen molar-refractivity contribution in [2.24, 2.45) is 0 Å². The SMILES string of the molecule is O=C(NCc1ccccn1)c1ccc(-c2cnc3[nH]cc(-c4cn[nH]c4)c3c2)cc1. The van der Waals surface area contributed by atoms with Gasteiger partial charge in [-0.1, -0.05) is 18.2 Å². The summed E-state index contributed by atoms with van der Waals surface area (Å²) in [5, 5.41) is 10.8. The Bertz CT molecular complexity index is 1290. The third-order valence-electron chi connectivity index (χ3n) is 4.98. The van der Waals surface area contributed by atoms with Crippen molar-refractivity contribution in [3.05, 3.63) is 90.8 Å². The first-order chi connectivity index (χ1) is 14.8. The van der Waals surface area contributed by atoms with E-state index in [4.69, 9.17) is 0 Å². The number of pyridine rings is 2. The zero-order valence-electron chi connectivity index (χ0n) is 16.0. The van der Waals surface area contributed by atoms with Crippen molar-refractivity contribution in [2.75, 3.05) is 0 Å². The first-order valence-corrected chi connectivity index (χ1v) is 9.53. The number of benzene rings is 1. The quantitative estimate of drug-likeness (QED) is 0.420. The van der Waals surface area contributed by atoms with Crippen LogP contribution in [0.3, 0.4) is 0 Å². The van der Waals surface area contributed by atoms with Gasteiger partial charge in [0.15, 0.2) is 0 Å². The van der Waals surface area contributed by atoms with Crippen LogP contribution in [-0.4, -0.2) is 31.1 Å². The van der Waals surface area contributed by atoms with E-state index in [2.05, 4.69) is 36.5 Å². The molecule has 0 atom stereocenters. The largest absolute Gasteiger partial charge is 0.346 e. The minimum Gasteiger partial charge on any atom is -0.346 e. The van der Waals surface area contributed by atoms with E-state index in [1.807, 2.05) is 61.1 Å². The third-order valence-corrected chi connectivity index (χ3v) is 4.98. The van der Waals surface area contributed by atoms with E-state index in [0.717, 1.165) is 39.0 Å². The minimum absolute atomic E-state index is 0.131. The van der Waals surface area contributed by atoms with Crippen molar-refractivity contribution in [3.8, 4) is 22.3 Å². The average molecular weight is 394 g/mol. The number of hydrogen-bond acceptors (Lipinski definition) is 4. The molecule has 5 aromatic rings. The zero-order chi connectivity index (χ0) is 20.3. The lowest BCUT2D eigenvalue weighted by Crippen LogP contribution is -2.23. The monoisotopic (exact) mass is 394 g/mol. The number of aromatic amines is 2. The lowest BCUT2D eigenvalue weighted by Gasteiger charge is -2.07. The zero-order valence-corrected chi connectivity index (χ0v) is 16.0. The number of hydrogen-bond donors (Lipinski definition) is 3. The topological polar surface area (TPSA) is 99.3 Å². The van der Waals surface area contributed by atoms with Gasteiger partial charge in [0.1, 0.15) is 5.65 Å². The number of fused-ring (bicyclic) bond motifs is 1. The molecule has 0 radical (unpaired) electrons. The molecule has 7 nitrogen and oxygen atoms in total. The summed E-state index contributed by atoms with van der Waals surface area (Å²) in [5.74, 6) is -0.131. The summed E-state index contributed by atoms with van der Waals surface area (Å²) in [4.78, 5) is 24.4. The third kappa shape index (κ3) is 3.44. The molecule has 146 valence electrons. The van der Waals surface area contributed by atoms with Crippen LogP contribution in [0.15, 0.2) is 79.5 Å². The predicted molar refractivity (Wildman–Crippen MR) is 115 cm³/mol. The second kappa shape index (κ2) is 7.63. The molecule has 0 bridgehead atoms. The Hall–Kier alpha value is -4.26. The smallest absolute Gasteiger partial charge is 0.251 e. The molecule has 0 aliphatic rings. The number of H-pyrrole nitrogens is 2. The molecular weight excluding hydrogens is 376 g/mol. The number of carbonyl (C=O) groups excluding carboxylic acids is 1. The maximum atomic E-state index is 12.4. The van der Waals surface area contributed by atoms with E-state index in [1.54, 1.807) is 12.4 Å². The fourth-order valence-electron chi connectivity index (χ4n) is 3.39. The van der Waals surface area contributed by atoms with Gasteiger partial charge < -0.3 is 10.3 Å². The molecule has 7 heteroatoms. The van der Waals surface area contributed by atoms with E-state index in [-0.39, 0.29) is 5.91 Å². The number of rotatable bonds is 5. The molecule has 0 unspecified atom stereocenters. The molecule has 1 amide bonds. The van der Waals surface area contributed by atoms with Gasteiger partial charge in [0.2, 0.25) is 0 Å². The van der Waals surface area contributed by atoms with Crippen LogP contribution in [0.4, 0.5) is 0 Å². The molecule has 3 N–H and O–H groups in total. The summed E-state index contributed by atoms with van der Waals surface area (Å²) < 4.78 is 0. The highest BCUT2D eigenvalue weighted by Crippen LogP contribution is 2.30. The van der Waals surface area contributed by atoms with Gasteiger partial charge in [0.25, 0.3) is 5.91 Å². The highest BCUT2D eigenvalue weighted by molar-refractivity contribution is 5.96. The van der Waals surface area contributed by atoms with Gasteiger partial charge in [0, 0.05) is 52.4 Å². The molecule has 30 heavy (non-hydrogen) atoms. The van der Waals surface area contributed by atoms with Gasteiger partial charge in [0.05, 0.1) is 18.4 Å². The van der Waals surface area contributed by atoms with Crippen LogP contribution in [0.5, 0.6) is 0 Å². The number of carbonyl (C=O) groups is 1. The summed E-state index contributed by atoms with van der Waals surface area (Å²) in [6, 6.07) is 15.2. The standard InChI is InChI=1S/C23H18N6O/c30-23(27-13-19-3-1-2-8-24-19)16-6-4-15(5-7-16)17-9-20-21(18-11-28-29-12-18)14-26-22(20)25-10-17/h1-12,14H,13H2,(H,25,26)(H,27,30)(H,28,29). The molecule has 0 saturated heterocycles. The van der Waals surface area contributed by atoms with Gasteiger partial charge in [-0.25, -0.2) is 4.98 Å². The molecular formula is C23H18N6O. The fourth-order valence-corrected chi connectivity index (χ4v) is 3.39. The molecule has 0 fully saturated rings. The van der Waals surface area contributed by atoms with Crippen molar-refractivity contribution in [2.45, 2.75) is 6.54 Å². The van der Waals surface area contributed by atoms with Crippen LogP contribution < -0.4 is 5.32 Å². The number of amides is 1. The first-order valence-electron chi connectivity index (χ1n) is 9.53.